The standard InChI is InChI=1S/C9H16ClN3/c1-7(6-10)8(2)12-9-11-4-5-13(9)3/h4-5,7-8H,6H2,1-3H3,(H,11,12). The average Bonchev–Trinajstić information content (AvgIpc) is 2.50. The molecule has 0 aliphatic rings. The van der Waals surface area contributed by atoms with Crippen LogP contribution in [0.25, 0.3) is 0 Å². The molecule has 0 aliphatic carbocycles. The van der Waals surface area contributed by atoms with Crippen molar-refractivity contribution >= 4 is 17.5 Å². The molecule has 0 aromatic carbocycles. The molecule has 1 aromatic rings. The van der Waals surface area contributed by atoms with Crippen molar-refractivity contribution in [1.29, 1.82) is 0 Å². The van der Waals surface area contributed by atoms with Crippen LogP contribution in [0.1, 0.15) is 13.8 Å². The first kappa shape index (κ1) is 10.4. The van der Waals surface area contributed by atoms with Crippen LogP contribution in [0.15, 0.2) is 12.4 Å². The third-order valence-electron chi connectivity index (χ3n) is 2.27. The van der Waals surface area contributed by atoms with E-state index in [1.165, 1.54) is 0 Å². The molecule has 1 heterocycles. The van der Waals surface area contributed by atoms with E-state index in [0.717, 1.165) is 5.95 Å². The molecule has 2 unspecified atom stereocenters. The van der Waals surface area contributed by atoms with Gasteiger partial charge in [0.05, 0.1) is 0 Å². The molecule has 0 spiro atoms. The van der Waals surface area contributed by atoms with Gasteiger partial charge < -0.3 is 9.88 Å². The molecule has 1 aromatic heterocycles. The second-order valence-electron chi connectivity index (χ2n) is 3.43. The first-order chi connectivity index (χ1) is 6.15. The van der Waals surface area contributed by atoms with Crippen molar-refractivity contribution in [3.63, 3.8) is 0 Å². The van der Waals surface area contributed by atoms with E-state index in [9.17, 15) is 0 Å². The van der Waals surface area contributed by atoms with Crippen molar-refractivity contribution in [1.82, 2.24) is 9.55 Å². The van der Waals surface area contributed by atoms with Crippen molar-refractivity contribution in [2.45, 2.75) is 19.9 Å². The molecule has 4 heteroatoms. The van der Waals surface area contributed by atoms with Crippen LogP contribution in [0.3, 0.4) is 0 Å². The number of nitrogens with zero attached hydrogens (tertiary/aromatic N) is 2. The maximum absolute atomic E-state index is 5.76. The zero-order valence-electron chi connectivity index (χ0n) is 8.29. The number of hydrogen-bond donors (Lipinski definition) is 1. The highest BCUT2D eigenvalue weighted by Crippen LogP contribution is 2.10. The van der Waals surface area contributed by atoms with Crippen molar-refractivity contribution in [2.75, 3.05) is 11.2 Å². The molecule has 0 amide bonds. The number of rotatable bonds is 4. The van der Waals surface area contributed by atoms with Gasteiger partial charge in [0.2, 0.25) is 5.95 Å². The maximum Gasteiger partial charge on any atom is 0.202 e. The normalized spacial score (nSPS) is 15.4. The lowest BCUT2D eigenvalue weighted by atomic mass is 10.1. The summed E-state index contributed by atoms with van der Waals surface area (Å²) >= 11 is 5.76. The van der Waals surface area contributed by atoms with Gasteiger partial charge in [0.25, 0.3) is 0 Å². The highest BCUT2D eigenvalue weighted by Gasteiger charge is 2.11. The van der Waals surface area contributed by atoms with E-state index >= 15 is 0 Å². The molecule has 3 nitrogen and oxygen atoms in total. The van der Waals surface area contributed by atoms with Crippen molar-refractivity contribution in [2.24, 2.45) is 13.0 Å². The Labute approximate surface area is 84.1 Å². The quantitative estimate of drug-likeness (QED) is 0.757. The van der Waals surface area contributed by atoms with Gasteiger partial charge >= 0.3 is 0 Å². The van der Waals surface area contributed by atoms with Gasteiger partial charge in [0, 0.05) is 31.4 Å². The number of hydrogen-bond acceptors (Lipinski definition) is 2. The molecule has 0 fully saturated rings. The summed E-state index contributed by atoms with van der Waals surface area (Å²) in [7, 11) is 1.97. The number of imidazole rings is 1. The Balaban J connectivity index is 2.54. The molecule has 0 aliphatic heterocycles. The van der Waals surface area contributed by atoms with Gasteiger partial charge in [-0.15, -0.1) is 11.6 Å². The third-order valence-corrected chi connectivity index (χ3v) is 2.76. The second-order valence-corrected chi connectivity index (χ2v) is 3.73. The van der Waals surface area contributed by atoms with Crippen molar-refractivity contribution in [3.8, 4) is 0 Å². The summed E-state index contributed by atoms with van der Waals surface area (Å²) < 4.78 is 1.96. The van der Waals surface area contributed by atoms with Gasteiger partial charge in [0.15, 0.2) is 0 Å². The number of alkyl halides is 1. The van der Waals surface area contributed by atoms with Crippen LogP contribution < -0.4 is 5.32 Å². The van der Waals surface area contributed by atoms with Crippen LogP contribution in [0, 0.1) is 5.92 Å². The van der Waals surface area contributed by atoms with Gasteiger partial charge in [-0.2, -0.15) is 0 Å². The third kappa shape index (κ3) is 2.62. The van der Waals surface area contributed by atoms with Crippen LogP contribution in [0.2, 0.25) is 0 Å². The van der Waals surface area contributed by atoms with Crippen LogP contribution in [-0.4, -0.2) is 21.5 Å². The first-order valence-corrected chi connectivity index (χ1v) is 4.98. The summed E-state index contributed by atoms with van der Waals surface area (Å²) in [4.78, 5) is 4.18. The predicted molar refractivity (Wildman–Crippen MR) is 56.2 cm³/mol. The Kier molecular flexibility index (Phi) is 3.60. The molecule has 1 N–H and O–H groups in total. The highest BCUT2D eigenvalue weighted by atomic mass is 35.5. The Hall–Kier alpha value is -0.700. The summed E-state index contributed by atoms with van der Waals surface area (Å²) in [5.41, 5.74) is 0. The van der Waals surface area contributed by atoms with Crippen LogP contribution in [-0.2, 0) is 7.05 Å². The summed E-state index contributed by atoms with van der Waals surface area (Å²) in [6, 6.07) is 0.346. The van der Waals surface area contributed by atoms with Gasteiger partial charge in [-0.1, -0.05) is 6.92 Å². The van der Waals surface area contributed by atoms with Gasteiger partial charge in [0.1, 0.15) is 0 Å². The van der Waals surface area contributed by atoms with Crippen molar-refractivity contribution < 1.29 is 0 Å². The topological polar surface area (TPSA) is 29.9 Å². The second kappa shape index (κ2) is 4.51. The Morgan fingerprint density at radius 2 is 2.31 bits per heavy atom. The fourth-order valence-corrected chi connectivity index (χ4v) is 1.25. The van der Waals surface area contributed by atoms with Gasteiger partial charge in [-0.3, -0.25) is 0 Å². The average molecular weight is 202 g/mol. The minimum absolute atomic E-state index is 0.346. The highest BCUT2D eigenvalue weighted by molar-refractivity contribution is 6.18. The Morgan fingerprint density at radius 1 is 1.62 bits per heavy atom. The maximum atomic E-state index is 5.76. The fourth-order valence-electron chi connectivity index (χ4n) is 0.984. The van der Waals surface area contributed by atoms with Crippen LogP contribution >= 0.6 is 11.6 Å². The summed E-state index contributed by atoms with van der Waals surface area (Å²) in [6.45, 7) is 4.23. The lowest BCUT2D eigenvalue weighted by Gasteiger charge is -2.19. The van der Waals surface area contributed by atoms with Gasteiger partial charge in [-0.05, 0) is 12.8 Å². The Morgan fingerprint density at radius 3 is 2.77 bits per heavy atom. The van der Waals surface area contributed by atoms with E-state index in [0.29, 0.717) is 17.8 Å². The molecular weight excluding hydrogens is 186 g/mol. The van der Waals surface area contributed by atoms with E-state index in [-0.39, 0.29) is 0 Å². The number of nitrogens with one attached hydrogen (secondary N) is 1. The molecular formula is C9H16ClN3. The molecule has 0 bridgehead atoms. The predicted octanol–water partition coefficient (Wildman–Crippen LogP) is 2.10. The largest absolute Gasteiger partial charge is 0.353 e. The van der Waals surface area contributed by atoms with E-state index in [1.54, 1.807) is 6.20 Å². The monoisotopic (exact) mass is 201 g/mol. The minimum Gasteiger partial charge on any atom is -0.353 e. The molecule has 13 heavy (non-hydrogen) atoms. The van der Waals surface area contributed by atoms with Gasteiger partial charge in [-0.25, -0.2) is 4.98 Å². The molecule has 2 atom stereocenters. The molecule has 0 radical (unpaired) electrons. The SMILES string of the molecule is CC(CCl)C(C)Nc1nccn1C. The molecule has 74 valence electrons. The fraction of sp³-hybridized carbons (Fsp3) is 0.667. The summed E-state index contributed by atoms with van der Waals surface area (Å²) in [6.07, 6.45) is 3.70. The number of aromatic nitrogens is 2. The molecule has 0 saturated carbocycles. The van der Waals surface area contributed by atoms with Crippen LogP contribution in [0.5, 0.6) is 0 Å². The van der Waals surface area contributed by atoms with E-state index in [1.807, 2.05) is 17.8 Å². The molecule has 0 saturated heterocycles. The number of halogens is 1. The van der Waals surface area contributed by atoms with E-state index < -0.39 is 0 Å². The molecule has 1 rings (SSSR count). The Bertz CT molecular complexity index is 259. The first-order valence-electron chi connectivity index (χ1n) is 4.45. The summed E-state index contributed by atoms with van der Waals surface area (Å²) in [5.74, 6) is 2.00. The summed E-state index contributed by atoms with van der Waals surface area (Å²) in [5, 5.41) is 3.31. The van der Waals surface area contributed by atoms with E-state index in [2.05, 4.69) is 24.1 Å². The minimum atomic E-state index is 0.346. The van der Waals surface area contributed by atoms with E-state index in [4.69, 9.17) is 11.6 Å². The number of aryl methyl sites for hydroxylation is 1. The number of anilines is 1. The lowest BCUT2D eigenvalue weighted by molar-refractivity contribution is 0.560. The zero-order valence-corrected chi connectivity index (χ0v) is 9.04. The van der Waals surface area contributed by atoms with Crippen molar-refractivity contribution in [3.05, 3.63) is 12.4 Å². The lowest BCUT2D eigenvalue weighted by Crippen LogP contribution is -2.26. The van der Waals surface area contributed by atoms with Crippen LogP contribution in [0.4, 0.5) is 5.95 Å². The zero-order chi connectivity index (χ0) is 9.84. The smallest absolute Gasteiger partial charge is 0.202 e.